The summed E-state index contributed by atoms with van der Waals surface area (Å²) in [4.78, 5) is 14.1. The molecule has 1 unspecified atom stereocenters. The molecule has 40 heavy (non-hydrogen) atoms. The number of alkyl halides is 6. The molecular formula is C27H35F6N5OS. The highest BCUT2D eigenvalue weighted by molar-refractivity contribution is 7.84. The molecule has 0 bridgehead atoms. The van der Waals surface area contributed by atoms with Crippen LogP contribution >= 0.6 is 0 Å². The van der Waals surface area contributed by atoms with Gasteiger partial charge in [0, 0.05) is 29.9 Å². The lowest BCUT2D eigenvalue weighted by atomic mass is 10.1. The lowest BCUT2D eigenvalue weighted by Crippen LogP contribution is -2.15. The summed E-state index contributed by atoms with van der Waals surface area (Å²) in [6.45, 7) is 6.98. The van der Waals surface area contributed by atoms with Crippen molar-refractivity contribution < 1.29 is 30.6 Å². The van der Waals surface area contributed by atoms with Gasteiger partial charge in [-0.1, -0.05) is 20.3 Å². The van der Waals surface area contributed by atoms with Gasteiger partial charge in [-0.15, -0.1) is 0 Å². The van der Waals surface area contributed by atoms with E-state index in [1.54, 1.807) is 0 Å². The van der Waals surface area contributed by atoms with Gasteiger partial charge in [-0.25, -0.2) is 9.97 Å². The predicted octanol–water partition coefficient (Wildman–Crippen LogP) is 7.30. The monoisotopic (exact) mass is 591 g/mol. The molecule has 2 aromatic heterocycles. The maximum absolute atomic E-state index is 12.7. The van der Waals surface area contributed by atoms with Gasteiger partial charge in [0.05, 0.1) is 27.6 Å². The molecule has 3 aromatic rings. The fourth-order valence-electron chi connectivity index (χ4n) is 3.01. The van der Waals surface area contributed by atoms with Crippen LogP contribution in [0.2, 0.25) is 0 Å². The maximum atomic E-state index is 12.7. The molecule has 0 aliphatic carbocycles. The van der Waals surface area contributed by atoms with Crippen LogP contribution in [-0.2, 0) is 29.6 Å². The van der Waals surface area contributed by atoms with E-state index in [9.17, 15) is 30.6 Å². The summed E-state index contributed by atoms with van der Waals surface area (Å²) in [5.74, 6) is 0.454. The molecule has 0 saturated heterocycles. The number of halogens is 6. The smallest absolute Gasteiger partial charge is 0.340 e. The zero-order valence-electron chi connectivity index (χ0n) is 23.3. The van der Waals surface area contributed by atoms with Crippen molar-refractivity contribution in [1.29, 1.82) is 0 Å². The van der Waals surface area contributed by atoms with E-state index < -0.39 is 34.3 Å². The van der Waals surface area contributed by atoms with Gasteiger partial charge in [-0.2, -0.15) is 26.3 Å². The van der Waals surface area contributed by atoms with Gasteiger partial charge >= 0.3 is 12.4 Å². The van der Waals surface area contributed by atoms with Gasteiger partial charge in [-0.3, -0.25) is 9.19 Å². The van der Waals surface area contributed by atoms with E-state index in [4.69, 9.17) is 0 Å². The van der Waals surface area contributed by atoms with Crippen LogP contribution in [0.1, 0.15) is 49.1 Å². The first-order chi connectivity index (χ1) is 18.6. The third-order valence-corrected chi connectivity index (χ3v) is 5.66. The van der Waals surface area contributed by atoms with Gasteiger partial charge in [-0.05, 0) is 76.8 Å². The molecule has 0 fully saturated rings. The number of anilines is 2. The molecule has 3 rings (SSSR count). The first-order valence-corrected chi connectivity index (χ1v) is 13.9. The van der Waals surface area contributed by atoms with Crippen molar-refractivity contribution in [3.8, 4) is 0 Å². The van der Waals surface area contributed by atoms with Gasteiger partial charge in [0.2, 0.25) is 5.16 Å². The average Bonchev–Trinajstić information content (AvgIpc) is 2.86. The van der Waals surface area contributed by atoms with Crippen LogP contribution in [-0.4, -0.2) is 51.0 Å². The van der Waals surface area contributed by atoms with Crippen LogP contribution in [0, 0.1) is 6.92 Å². The summed E-state index contributed by atoms with van der Waals surface area (Å²) in [6.07, 6.45) is -2.24. The van der Waals surface area contributed by atoms with Gasteiger partial charge < -0.3 is 10.2 Å². The molecule has 0 radical (unpaired) electrons. The second-order valence-electron chi connectivity index (χ2n) is 8.93. The minimum Gasteiger partial charge on any atom is -0.340 e. The molecule has 0 aliphatic heterocycles. The highest BCUT2D eigenvalue weighted by Crippen LogP contribution is 2.31. The normalized spacial score (nSPS) is 12.1. The van der Waals surface area contributed by atoms with Crippen molar-refractivity contribution in [1.82, 2.24) is 19.9 Å². The summed E-state index contributed by atoms with van der Waals surface area (Å²) < 4.78 is 85.2. The maximum Gasteiger partial charge on any atom is 0.417 e. The largest absolute Gasteiger partial charge is 0.417 e. The molecule has 2 heterocycles. The Balaban J connectivity index is 0.000000508. The number of aromatic nitrogens is 3. The van der Waals surface area contributed by atoms with E-state index in [0.717, 1.165) is 48.6 Å². The van der Waals surface area contributed by atoms with Crippen molar-refractivity contribution in [2.24, 2.45) is 0 Å². The Labute approximate surface area is 233 Å². The van der Waals surface area contributed by atoms with Crippen LogP contribution in [0.3, 0.4) is 0 Å². The fourth-order valence-corrected chi connectivity index (χ4v) is 3.47. The Kier molecular flexibility index (Phi) is 14.2. The Hall–Kier alpha value is -3.06. The SMILES string of the molecule is CCC.Cc1c(CCCN(C)C)nc(S(C)=O)nc1Nc1ccc(C(F)(F)F)cc1.FC(F)(F)c1cccnc1. The minimum atomic E-state index is -4.38. The molecule has 0 amide bonds. The van der Waals surface area contributed by atoms with Gasteiger partial charge in [0.15, 0.2) is 0 Å². The quantitative estimate of drug-likeness (QED) is 0.230. The van der Waals surface area contributed by atoms with E-state index in [1.165, 1.54) is 37.1 Å². The highest BCUT2D eigenvalue weighted by atomic mass is 32.2. The van der Waals surface area contributed by atoms with E-state index in [-0.39, 0.29) is 5.16 Å². The first kappa shape index (κ1) is 35.0. The van der Waals surface area contributed by atoms with Crippen molar-refractivity contribution in [2.45, 2.75) is 57.5 Å². The Morgan fingerprint density at radius 2 is 1.50 bits per heavy atom. The van der Waals surface area contributed by atoms with Crippen LogP contribution < -0.4 is 5.32 Å². The average molecular weight is 592 g/mol. The molecule has 1 aromatic carbocycles. The van der Waals surface area contributed by atoms with E-state index in [1.807, 2.05) is 21.0 Å². The molecule has 0 saturated carbocycles. The van der Waals surface area contributed by atoms with Crippen molar-refractivity contribution in [2.75, 3.05) is 32.2 Å². The zero-order chi connectivity index (χ0) is 30.5. The summed E-state index contributed by atoms with van der Waals surface area (Å²) in [5, 5.41) is 3.23. The van der Waals surface area contributed by atoms with Gasteiger partial charge in [0.25, 0.3) is 0 Å². The number of hydrogen-bond acceptors (Lipinski definition) is 6. The number of nitrogens with one attached hydrogen (secondary N) is 1. The molecule has 1 N–H and O–H groups in total. The molecule has 222 valence electrons. The minimum absolute atomic E-state index is 0.204. The third-order valence-electron chi connectivity index (χ3n) is 4.97. The van der Waals surface area contributed by atoms with Crippen LogP contribution in [0.15, 0.2) is 53.9 Å². The lowest BCUT2D eigenvalue weighted by molar-refractivity contribution is -0.138. The molecule has 0 spiro atoms. The predicted molar refractivity (Wildman–Crippen MR) is 146 cm³/mol. The molecule has 13 heteroatoms. The summed E-state index contributed by atoms with van der Waals surface area (Å²) >= 11 is 0. The number of aryl methyl sites for hydroxylation is 1. The summed E-state index contributed by atoms with van der Waals surface area (Å²) in [7, 11) is 2.60. The second kappa shape index (κ2) is 16.3. The van der Waals surface area contributed by atoms with Crippen molar-refractivity contribution in [3.63, 3.8) is 0 Å². The third kappa shape index (κ3) is 12.4. The fraction of sp³-hybridized carbons (Fsp3) is 0.444. The topological polar surface area (TPSA) is 71.0 Å². The van der Waals surface area contributed by atoms with Crippen LogP contribution in [0.4, 0.5) is 37.8 Å². The molecule has 1 atom stereocenters. The van der Waals surface area contributed by atoms with Crippen molar-refractivity contribution in [3.05, 3.63) is 71.2 Å². The molecular weight excluding hydrogens is 556 g/mol. The Bertz CT molecular complexity index is 1190. The second-order valence-corrected chi connectivity index (χ2v) is 10.2. The number of benzene rings is 1. The Morgan fingerprint density at radius 3 is 1.93 bits per heavy atom. The number of hydrogen-bond donors (Lipinski definition) is 1. The van der Waals surface area contributed by atoms with Crippen LogP contribution in [0.5, 0.6) is 0 Å². The standard InChI is InChI=1S/C18H23F3N4OS.C6H4F3N.C3H8/c1-12-15(6-5-11-25(2)3)23-17(27(4)26)24-16(12)22-14-9-7-13(8-10-14)18(19,20)21;7-6(8,9)5-2-1-3-10-4-5;1-3-2/h7-10H,5-6,11H2,1-4H3,(H,22,23,24);1-4H;3H2,1-2H3. The molecule has 6 nitrogen and oxygen atoms in total. The lowest BCUT2D eigenvalue weighted by Gasteiger charge is -2.15. The first-order valence-electron chi connectivity index (χ1n) is 12.4. The van der Waals surface area contributed by atoms with E-state index in [0.29, 0.717) is 17.9 Å². The van der Waals surface area contributed by atoms with Gasteiger partial charge in [0.1, 0.15) is 5.82 Å². The van der Waals surface area contributed by atoms with Crippen LogP contribution in [0.25, 0.3) is 0 Å². The molecule has 0 aliphatic rings. The highest BCUT2D eigenvalue weighted by Gasteiger charge is 2.30. The van der Waals surface area contributed by atoms with Crippen molar-refractivity contribution >= 4 is 22.3 Å². The Morgan fingerprint density at radius 1 is 0.925 bits per heavy atom. The number of nitrogens with zero attached hydrogens (tertiary/aromatic N) is 4. The van der Waals surface area contributed by atoms with E-state index in [2.05, 4.69) is 39.0 Å². The number of pyridine rings is 1. The number of rotatable bonds is 7. The summed E-state index contributed by atoms with van der Waals surface area (Å²) in [5.41, 5.74) is 0.619. The van der Waals surface area contributed by atoms with E-state index >= 15 is 0 Å². The summed E-state index contributed by atoms with van der Waals surface area (Å²) in [6, 6.07) is 6.94. The zero-order valence-corrected chi connectivity index (χ0v) is 24.1.